The number of carboxylic acids is 1. The van der Waals surface area contributed by atoms with Crippen molar-refractivity contribution in [2.24, 2.45) is 0 Å². The van der Waals surface area contributed by atoms with Gasteiger partial charge < -0.3 is 9.84 Å². The number of unbranched alkanes of at least 4 members (excludes halogenated alkanes) is 1. The molecule has 0 aromatic heterocycles. The number of aromatic carboxylic acids is 1. The lowest BCUT2D eigenvalue weighted by molar-refractivity contribution is 0.0687. The maximum absolute atomic E-state index is 10.9. The van der Waals surface area contributed by atoms with E-state index in [9.17, 15) is 4.79 Å². The Kier molecular flexibility index (Phi) is 9.60. The quantitative estimate of drug-likeness (QED) is 0.590. The van der Waals surface area contributed by atoms with Gasteiger partial charge in [0.05, 0.1) is 12.2 Å². The molecule has 3 nitrogen and oxygen atoms in total. The van der Waals surface area contributed by atoms with Gasteiger partial charge in [-0.1, -0.05) is 38.1 Å². The zero-order chi connectivity index (χ0) is 13.8. The van der Waals surface area contributed by atoms with Crippen LogP contribution in [0.2, 0.25) is 0 Å². The lowest BCUT2D eigenvalue weighted by Gasteiger charge is -2.06. The summed E-state index contributed by atoms with van der Waals surface area (Å²) >= 11 is 0. The van der Waals surface area contributed by atoms with Crippen LogP contribution in [0.15, 0.2) is 36.9 Å². The predicted molar refractivity (Wildman–Crippen MR) is 73.8 cm³/mol. The lowest BCUT2D eigenvalue weighted by atomic mass is 10.1. The van der Waals surface area contributed by atoms with Crippen LogP contribution >= 0.6 is 0 Å². The van der Waals surface area contributed by atoms with E-state index in [1.165, 1.54) is 0 Å². The van der Waals surface area contributed by atoms with Crippen LogP contribution in [0.1, 0.15) is 42.6 Å². The largest absolute Gasteiger partial charge is 0.478 e. The molecule has 1 aromatic rings. The van der Waals surface area contributed by atoms with Crippen molar-refractivity contribution in [2.45, 2.75) is 33.3 Å². The summed E-state index contributed by atoms with van der Waals surface area (Å²) in [5.41, 5.74) is 1.03. The van der Waals surface area contributed by atoms with E-state index in [4.69, 9.17) is 9.84 Å². The first-order valence-corrected chi connectivity index (χ1v) is 6.25. The molecule has 1 aromatic carbocycles. The van der Waals surface area contributed by atoms with E-state index >= 15 is 0 Å². The molecule has 0 fully saturated rings. The Morgan fingerprint density at radius 3 is 2.67 bits per heavy atom. The second kappa shape index (κ2) is 10.5. The third kappa shape index (κ3) is 6.21. The zero-order valence-electron chi connectivity index (χ0n) is 11.2. The van der Waals surface area contributed by atoms with Crippen molar-refractivity contribution in [1.29, 1.82) is 0 Å². The molecule has 0 bridgehead atoms. The van der Waals surface area contributed by atoms with Crippen molar-refractivity contribution in [3.8, 4) is 0 Å². The molecule has 0 aliphatic heterocycles. The average Bonchev–Trinajstić information content (AvgIpc) is 2.41. The minimum absolute atomic E-state index is 0.311. The molecule has 0 saturated carbocycles. The second-order valence-corrected chi connectivity index (χ2v) is 3.45. The van der Waals surface area contributed by atoms with E-state index in [0.29, 0.717) is 24.3 Å². The Balaban J connectivity index is 0.00000137. The van der Waals surface area contributed by atoms with Gasteiger partial charge >= 0.3 is 5.97 Å². The molecular weight excluding hydrogens is 228 g/mol. The van der Waals surface area contributed by atoms with Crippen LogP contribution < -0.4 is 0 Å². The van der Waals surface area contributed by atoms with Gasteiger partial charge in [0.2, 0.25) is 0 Å². The molecule has 0 spiro atoms. The molecule has 100 valence electrons. The van der Waals surface area contributed by atoms with Crippen LogP contribution in [0.25, 0.3) is 0 Å². The summed E-state index contributed by atoms with van der Waals surface area (Å²) in [5.74, 6) is -0.912. The van der Waals surface area contributed by atoms with Crippen molar-refractivity contribution >= 4 is 5.97 Å². The smallest absolute Gasteiger partial charge is 0.336 e. The Morgan fingerprint density at radius 1 is 1.39 bits per heavy atom. The van der Waals surface area contributed by atoms with Gasteiger partial charge in [-0.05, 0) is 24.5 Å². The van der Waals surface area contributed by atoms with Crippen molar-refractivity contribution in [1.82, 2.24) is 0 Å². The molecule has 1 N–H and O–H groups in total. The molecule has 0 heterocycles. The van der Waals surface area contributed by atoms with Gasteiger partial charge in [0.1, 0.15) is 0 Å². The fourth-order valence-electron chi connectivity index (χ4n) is 1.37. The molecule has 0 radical (unpaired) electrons. The van der Waals surface area contributed by atoms with Gasteiger partial charge in [-0.3, -0.25) is 0 Å². The number of ether oxygens (including phenoxy) is 1. The number of hydrogen-bond donors (Lipinski definition) is 1. The van der Waals surface area contributed by atoms with Gasteiger partial charge in [-0.2, -0.15) is 0 Å². The van der Waals surface area contributed by atoms with E-state index in [-0.39, 0.29) is 0 Å². The van der Waals surface area contributed by atoms with Crippen molar-refractivity contribution in [2.75, 3.05) is 6.61 Å². The van der Waals surface area contributed by atoms with E-state index in [1.54, 1.807) is 18.2 Å². The Labute approximate surface area is 109 Å². The summed E-state index contributed by atoms with van der Waals surface area (Å²) in [6, 6.07) is 6.89. The molecule has 0 unspecified atom stereocenters. The van der Waals surface area contributed by atoms with Crippen LogP contribution in [0, 0.1) is 0 Å². The summed E-state index contributed by atoms with van der Waals surface area (Å²) in [5, 5.41) is 8.94. The number of benzene rings is 1. The van der Waals surface area contributed by atoms with Crippen molar-refractivity contribution in [3.05, 3.63) is 48.0 Å². The summed E-state index contributed by atoms with van der Waals surface area (Å²) in [7, 11) is 0. The van der Waals surface area contributed by atoms with Gasteiger partial charge in [0.15, 0.2) is 0 Å². The van der Waals surface area contributed by atoms with E-state index in [0.717, 1.165) is 12.8 Å². The Bertz CT molecular complexity index is 359. The molecule has 0 aliphatic carbocycles. The molecule has 18 heavy (non-hydrogen) atoms. The highest BCUT2D eigenvalue weighted by atomic mass is 16.5. The number of allylic oxidation sites excluding steroid dienone is 1. The summed E-state index contributed by atoms with van der Waals surface area (Å²) in [4.78, 5) is 10.9. The van der Waals surface area contributed by atoms with Gasteiger partial charge in [0, 0.05) is 6.61 Å². The van der Waals surface area contributed by atoms with Crippen molar-refractivity contribution in [3.63, 3.8) is 0 Å². The Hall–Kier alpha value is -1.61. The highest BCUT2D eigenvalue weighted by molar-refractivity contribution is 5.89. The lowest BCUT2D eigenvalue weighted by Crippen LogP contribution is -2.04. The van der Waals surface area contributed by atoms with E-state index in [1.807, 2.05) is 26.0 Å². The average molecular weight is 250 g/mol. The highest BCUT2D eigenvalue weighted by Gasteiger charge is 2.08. The number of rotatable bonds is 7. The SMILES string of the molecule is C=CCCCOCc1ccccc1C(=O)O.CC. The first kappa shape index (κ1) is 16.4. The van der Waals surface area contributed by atoms with Crippen LogP contribution in [-0.4, -0.2) is 17.7 Å². The van der Waals surface area contributed by atoms with Gasteiger partial charge in [-0.25, -0.2) is 4.79 Å². The maximum atomic E-state index is 10.9. The van der Waals surface area contributed by atoms with Gasteiger partial charge in [0.25, 0.3) is 0 Å². The van der Waals surface area contributed by atoms with E-state index < -0.39 is 5.97 Å². The molecule has 1 rings (SSSR count). The Morgan fingerprint density at radius 2 is 2.06 bits per heavy atom. The molecule has 3 heteroatoms. The van der Waals surface area contributed by atoms with Crippen molar-refractivity contribution < 1.29 is 14.6 Å². The second-order valence-electron chi connectivity index (χ2n) is 3.45. The number of carbonyl (C=O) groups is 1. The first-order chi connectivity index (χ1) is 8.75. The minimum Gasteiger partial charge on any atom is -0.478 e. The summed E-state index contributed by atoms with van der Waals surface area (Å²) < 4.78 is 5.40. The first-order valence-electron chi connectivity index (χ1n) is 6.25. The van der Waals surface area contributed by atoms with E-state index in [2.05, 4.69) is 6.58 Å². The fraction of sp³-hybridized carbons (Fsp3) is 0.400. The fourth-order valence-corrected chi connectivity index (χ4v) is 1.37. The number of hydrogen-bond acceptors (Lipinski definition) is 2. The van der Waals surface area contributed by atoms with Crippen LogP contribution in [0.3, 0.4) is 0 Å². The minimum atomic E-state index is -0.912. The number of carboxylic acid groups (broad SMARTS) is 1. The standard InChI is InChI=1S/C13H16O3.C2H6/c1-2-3-6-9-16-10-11-7-4-5-8-12(11)13(14)15;1-2/h2,4-5,7-8H,1,3,6,9-10H2,(H,14,15);1-2H3. The molecule has 0 amide bonds. The normalized spacial score (nSPS) is 9.22. The highest BCUT2D eigenvalue weighted by Crippen LogP contribution is 2.10. The van der Waals surface area contributed by atoms with Crippen LogP contribution in [-0.2, 0) is 11.3 Å². The van der Waals surface area contributed by atoms with Gasteiger partial charge in [-0.15, -0.1) is 6.58 Å². The summed E-state index contributed by atoms with van der Waals surface area (Å²) in [6.07, 6.45) is 3.67. The summed E-state index contributed by atoms with van der Waals surface area (Å²) in [6.45, 7) is 8.59. The topological polar surface area (TPSA) is 46.5 Å². The molecule has 0 saturated heterocycles. The molecule has 0 aliphatic rings. The molecular formula is C15H22O3. The monoisotopic (exact) mass is 250 g/mol. The van der Waals surface area contributed by atoms with Crippen LogP contribution in [0.4, 0.5) is 0 Å². The zero-order valence-corrected chi connectivity index (χ0v) is 11.2. The third-order valence-corrected chi connectivity index (χ3v) is 2.20. The third-order valence-electron chi connectivity index (χ3n) is 2.20. The predicted octanol–water partition coefficient (Wildman–Crippen LogP) is 3.89. The van der Waals surface area contributed by atoms with Crippen LogP contribution in [0.5, 0.6) is 0 Å². The maximum Gasteiger partial charge on any atom is 0.336 e. The molecule has 0 atom stereocenters.